The summed E-state index contributed by atoms with van der Waals surface area (Å²) in [6.45, 7) is 5.74. The molecule has 3 rings (SSSR count). The number of aryl methyl sites for hydroxylation is 2. The molecule has 0 fully saturated rings. The van der Waals surface area contributed by atoms with Crippen LogP contribution in [0.4, 0.5) is 5.69 Å². The fourth-order valence-electron chi connectivity index (χ4n) is 2.46. The maximum absolute atomic E-state index is 12.6. The van der Waals surface area contributed by atoms with Crippen molar-refractivity contribution in [2.24, 2.45) is 0 Å². The van der Waals surface area contributed by atoms with E-state index in [4.69, 9.17) is 4.42 Å². The highest BCUT2D eigenvalue weighted by Gasteiger charge is 2.21. The Balaban J connectivity index is 1.75. The summed E-state index contributed by atoms with van der Waals surface area (Å²) in [6, 6.07) is 11.6. The molecule has 0 bridgehead atoms. The van der Waals surface area contributed by atoms with Gasteiger partial charge < -0.3 is 4.42 Å². The van der Waals surface area contributed by atoms with Crippen LogP contribution in [0, 0.1) is 24.0 Å². The van der Waals surface area contributed by atoms with E-state index in [9.17, 15) is 14.9 Å². The van der Waals surface area contributed by atoms with E-state index in [2.05, 4.69) is 10.2 Å². The van der Waals surface area contributed by atoms with Crippen molar-refractivity contribution in [1.82, 2.24) is 10.2 Å². The lowest BCUT2D eigenvalue weighted by atomic mass is 10.0. The van der Waals surface area contributed by atoms with E-state index in [0.29, 0.717) is 11.1 Å². The van der Waals surface area contributed by atoms with Gasteiger partial charge in [-0.2, -0.15) is 0 Å². The lowest BCUT2D eigenvalue weighted by Gasteiger charge is -2.09. The first-order valence-electron chi connectivity index (χ1n) is 8.21. The maximum Gasteiger partial charge on any atom is 0.277 e. The number of nitrogens with zero attached hydrogens (tertiary/aromatic N) is 3. The van der Waals surface area contributed by atoms with Crippen molar-refractivity contribution in [3.8, 4) is 11.5 Å². The van der Waals surface area contributed by atoms with Gasteiger partial charge in [-0.3, -0.25) is 14.9 Å². The number of benzene rings is 2. The number of Topliss-reactive ketones (excluding diaryl/α,β-unsaturated/α-hetero) is 1. The minimum absolute atomic E-state index is 0.0294. The summed E-state index contributed by atoms with van der Waals surface area (Å²) in [4.78, 5) is 23.0. The third-order valence-corrected chi connectivity index (χ3v) is 5.08. The van der Waals surface area contributed by atoms with Crippen molar-refractivity contribution in [2.45, 2.75) is 31.2 Å². The molecule has 0 amide bonds. The number of hydrogen-bond acceptors (Lipinski definition) is 7. The zero-order valence-electron chi connectivity index (χ0n) is 15.0. The Morgan fingerprint density at radius 3 is 2.63 bits per heavy atom. The number of thioether (sulfide) groups is 1. The van der Waals surface area contributed by atoms with Crippen LogP contribution in [0.15, 0.2) is 52.1 Å². The number of hydrogen-bond donors (Lipinski definition) is 0. The van der Waals surface area contributed by atoms with Crippen molar-refractivity contribution in [2.75, 3.05) is 0 Å². The second kappa shape index (κ2) is 7.71. The minimum Gasteiger partial charge on any atom is -0.411 e. The summed E-state index contributed by atoms with van der Waals surface area (Å²) < 4.78 is 5.57. The molecule has 0 saturated carbocycles. The summed E-state index contributed by atoms with van der Waals surface area (Å²) in [7, 11) is 0. The molecule has 0 aliphatic heterocycles. The van der Waals surface area contributed by atoms with Gasteiger partial charge in [-0.1, -0.05) is 30.0 Å². The molecule has 27 heavy (non-hydrogen) atoms. The minimum atomic E-state index is -0.486. The predicted molar refractivity (Wildman–Crippen MR) is 102 cm³/mol. The molecule has 0 radical (unpaired) electrons. The van der Waals surface area contributed by atoms with Crippen LogP contribution in [-0.4, -0.2) is 26.2 Å². The highest BCUT2D eigenvalue weighted by atomic mass is 32.2. The topological polar surface area (TPSA) is 99.1 Å². The molecule has 0 aliphatic carbocycles. The second-order valence-corrected chi connectivity index (χ2v) is 7.40. The van der Waals surface area contributed by atoms with Gasteiger partial charge in [0, 0.05) is 23.3 Å². The molecule has 0 N–H and O–H groups in total. The van der Waals surface area contributed by atoms with Crippen molar-refractivity contribution in [3.63, 3.8) is 0 Å². The number of ketones is 1. The van der Waals surface area contributed by atoms with E-state index in [0.717, 1.165) is 22.9 Å². The molecule has 0 aliphatic rings. The predicted octanol–water partition coefficient (Wildman–Crippen LogP) is 4.63. The number of aromatic nitrogens is 2. The van der Waals surface area contributed by atoms with Crippen LogP contribution in [-0.2, 0) is 0 Å². The fourth-order valence-corrected chi connectivity index (χ4v) is 3.22. The first kappa shape index (κ1) is 18.8. The first-order chi connectivity index (χ1) is 12.8. The van der Waals surface area contributed by atoms with Crippen molar-refractivity contribution < 1.29 is 14.1 Å². The van der Waals surface area contributed by atoms with E-state index in [1.54, 1.807) is 19.1 Å². The van der Waals surface area contributed by atoms with E-state index >= 15 is 0 Å². The van der Waals surface area contributed by atoms with Gasteiger partial charge in [0.1, 0.15) is 0 Å². The van der Waals surface area contributed by atoms with Gasteiger partial charge in [-0.05, 0) is 44.0 Å². The van der Waals surface area contributed by atoms with Crippen LogP contribution in [0.5, 0.6) is 0 Å². The molecule has 3 aromatic rings. The number of carbonyl (C=O) groups is 1. The normalized spacial score (nSPS) is 12.0. The van der Waals surface area contributed by atoms with E-state index < -0.39 is 10.2 Å². The summed E-state index contributed by atoms with van der Waals surface area (Å²) >= 11 is 1.16. The lowest BCUT2D eigenvalue weighted by molar-refractivity contribution is -0.384. The van der Waals surface area contributed by atoms with Crippen LogP contribution in [0.1, 0.15) is 28.4 Å². The molecular weight excluding hydrogens is 366 g/mol. The zero-order chi connectivity index (χ0) is 19.6. The second-order valence-electron chi connectivity index (χ2n) is 6.10. The Kier molecular flexibility index (Phi) is 5.36. The molecule has 7 nitrogen and oxygen atoms in total. The highest BCUT2D eigenvalue weighted by molar-refractivity contribution is 8.00. The average Bonchev–Trinajstić information content (AvgIpc) is 3.12. The molecule has 1 heterocycles. The molecule has 0 unspecified atom stereocenters. The molecular formula is C19H17N3O4S. The Bertz CT molecular complexity index is 1020. The third kappa shape index (κ3) is 4.22. The van der Waals surface area contributed by atoms with Gasteiger partial charge in [-0.15, -0.1) is 10.2 Å². The van der Waals surface area contributed by atoms with Gasteiger partial charge in [0.25, 0.3) is 10.9 Å². The number of nitro groups is 1. The quantitative estimate of drug-likeness (QED) is 0.265. The largest absolute Gasteiger partial charge is 0.411 e. The summed E-state index contributed by atoms with van der Waals surface area (Å²) in [5, 5.41) is 18.6. The van der Waals surface area contributed by atoms with Gasteiger partial charge in [0.2, 0.25) is 5.89 Å². The van der Waals surface area contributed by atoms with Crippen molar-refractivity contribution in [3.05, 3.63) is 69.3 Å². The Hall–Kier alpha value is -3.00. The van der Waals surface area contributed by atoms with Crippen molar-refractivity contribution >= 4 is 23.2 Å². The molecule has 8 heteroatoms. The van der Waals surface area contributed by atoms with Gasteiger partial charge >= 0.3 is 0 Å². The Morgan fingerprint density at radius 1 is 1.15 bits per heavy atom. The Labute approximate surface area is 160 Å². The molecule has 1 atom stereocenters. The monoisotopic (exact) mass is 383 g/mol. The third-order valence-electron chi connectivity index (χ3n) is 4.15. The molecule has 138 valence electrons. The number of carbonyl (C=O) groups excluding carboxylic acids is 1. The van der Waals surface area contributed by atoms with Crippen LogP contribution in [0.3, 0.4) is 0 Å². The smallest absolute Gasteiger partial charge is 0.277 e. The molecule has 2 aromatic carbocycles. The Morgan fingerprint density at radius 2 is 1.93 bits per heavy atom. The molecule has 0 saturated heterocycles. The van der Waals surface area contributed by atoms with Crippen LogP contribution >= 0.6 is 11.8 Å². The first-order valence-corrected chi connectivity index (χ1v) is 9.09. The summed E-state index contributed by atoms with van der Waals surface area (Å²) in [5.74, 6) is 0.144. The zero-order valence-corrected chi connectivity index (χ0v) is 15.8. The van der Waals surface area contributed by atoms with Gasteiger partial charge in [0.15, 0.2) is 5.78 Å². The standard InChI is InChI=1S/C19H17N3O4S/c1-11-7-8-14(9-12(11)2)17(23)13(3)27-19-21-20-18(26-19)15-5-4-6-16(10-15)22(24)25/h4-10,13H,1-3H3/t13-/m0/s1. The van der Waals surface area contributed by atoms with E-state index in [1.807, 2.05) is 32.0 Å². The van der Waals surface area contributed by atoms with E-state index in [-0.39, 0.29) is 22.6 Å². The highest BCUT2D eigenvalue weighted by Crippen LogP contribution is 2.29. The number of rotatable bonds is 6. The maximum atomic E-state index is 12.6. The van der Waals surface area contributed by atoms with Crippen LogP contribution < -0.4 is 0 Å². The average molecular weight is 383 g/mol. The SMILES string of the molecule is Cc1ccc(C(=O)[C@H](C)Sc2nnc(-c3cccc([N+](=O)[O-])c3)o2)cc1C. The lowest BCUT2D eigenvalue weighted by Crippen LogP contribution is -2.13. The van der Waals surface area contributed by atoms with Gasteiger partial charge in [0.05, 0.1) is 10.2 Å². The van der Waals surface area contributed by atoms with Crippen LogP contribution in [0.25, 0.3) is 11.5 Å². The summed E-state index contributed by atoms with van der Waals surface area (Å²) in [5.41, 5.74) is 3.22. The van der Waals surface area contributed by atoms with E-state index in [1.165, 1.54) is 12.1 Å². The fraction of sp³-hybridized carbons (Fsp3) is 0.211. The number of non-ortho nitro benzene ring substituents is 1. The number of nitro benzene ring substituents is 1. The summed E-state index contributed by atoms with van der Waals surface area (Å²) in [6.07, 6.45) is 0. The van der Waals surface area contributed by atoms with Gasteiger partial charge in [-0.25, -0.2) is 0 Å². The molecule has 0 spiro atoms. The van der Waals surface area contributed by atoms with Crippen LogP contribution in [0.2, 0.25) is 0 Å². The molecule has 1 aromatic heterocycles. The van der Waals surface area contributed by atoms with Crippen molar-refractivity contribution in [1.29, 1.82) is 0 Å².